The Bertz CT molecular complexity index is 361. The van der Waals surface area contributed by atoms with Gasteiger partial charge in [0.15, 0.2) is 0 Å². The number of halogens is 4. The monoisotopic (exact) mass is 327 g/mol. The lowest BCUT2D eigenvalue weighted by Gasteiger charge is -2.14. The fraction of sp³-hybridized carbons (Fsp3) is 0.500. The molecule has 0 unspecified atom stereocenters. The fourth-order valence-electron chi connectivity index (χ4n) is 1.64. The van der Waals surface area contributed by atoms with Gasteiger partial charge in [-0.05, 0) is 34.5 Å². The Morgan fingerprint density at radius 3 is 2.53 bits per heavy atom. The minimum absolute atomic E-state index is 0. The average molecular weight is 329 g/mol. The van der Waals surface area contributed by atoms with Crippen LogP contribution >= 0.6 is 28.3 Å². The normalized spacial score (nSPS) is 12.1. The van der Waals surface area contributed by atoms with Crippen molar-refractivity contribution in [2.75, 3.05) is 0 Å². The summed E-state index contributed by atoms with van der Waals surface area (Å²) >= 11 is 3.03. The third-order valence-electron chi connectivity index (χ3n) is 2.57. The first-order valence-electron chi connectivity index (χ1n) is 5.46. The number of nitrogens with two attached hydrogens (primary N) is 1. The molecule has 5 heteroatoms. The zero-order chi connectivity index (χ0) is 12.1. The summed E-state index contributed by atoms with van der Waals surface area (Å²) in [4.78, 5) is 0. The predicted molar refractivity (Wildman–Crippen MR) is 72.4 cm³/mol. The van der Waals surface area contributed by atoms with Crippen molar-refractivity contribution >= 4 is 28.3 Å². The molecule has 0 amide bonds. The molecule has 0 aliphatic heterocycles. The van der Waals surface area contributed by atoms with Gasteiger partial charge in [0.1, 0.15) is 11.6 Å². The van der Waals surface area contributed by atoms with Crippen LogP contribution in [-0.2, 0) is 0 Å². The summed E-state index contributed by atoms with van der Waals surface area (Å²) in [6, 6.07) is 2.03. The van der Waals surface area contributed by atoms with Crippen molar-refractivity contribution in [3.63, 3.8) is 0 Å². The van der Waals surface area contributed by atoms with Crippen LogP contribution in [0.3, 0.4) is 0 Å². The molecule has 1 aromatic carbocycles. The summed E-state index contributed by atoms with van der Waals surface area (Å²) in [5, 5.41) is 0. The van der Waals surface area contributed by atoms with E-state index in [1.54, 1.807) is 0 Å². The van der Waals surface area contributed by atoms with Crippen molar-refractivity contribution in [1.29, 1.82) is 0 Å². The highest BCUT2D eigenvalue weighted by molar-refractivity contribution is 9.10. The van der Waals surface area contributed by atoms with Crippen LogP contribution in [0, 0.1) is 11.6 Å². The van der Waals surface area contributed by atoms with E-state index in [4.69, 9.17) is 5.73 Å². The van der Waals surface area contributed by atoms with Gasteiger partial charge in [-0.2, -0.15) is 0 Å². The van der Waals surface area contributed by atoms with Crippen LogP contribution in [0.4, 0.5) is 8.78 Å². The van der Waals surface area contributed by atoms with Crippen LogP contribution in [0.5, 0.6) is 0 Å². The van der Waals surface area contributed by atoms with E-state index in [0.717, 1.165) is 19.3 Å². The highest BCUT2D eigenvalue weighted by Gasteiger charge is 2.18. The molecule has 0 aliphatic rings. The molecule has 0 saturated heterocycles. The summed E-state index contributed by atoms with van der Waals surface area (Å²) in [5.41, 5.74) is 5.80. The number of hydrogen-bond acceptors (Lipinski definition) is 1. The fourth-order valence-corrected chi connectivity index (χ4v) is 1.99. The van der Waals surface area contributed by atoms with E-state index in [1.165, 1.54) is 12.1 Å². The second-order valence-corrected chi connectivity index (χ2v) is 4.71. The Morgan fingerprint density at radius 2 is 1.94 bits per heavy atom. The first-order chi connectivity index (χ1) is 7.57. The maximum atomic E-state index is 13.7. The molecule has 0 saturated carbocycles. The molecule has 2 N–H and O–H groups in total. The van der Waals surface area contributed by atoms with Gasteiger partial charge in [0.25, 0.3) is 0 Å². The summed E-state index contributed by atoms with van der Waals surface area (Å²) in [5.74, 6) is -1.14. The second-order valence-electron chi connectivity index (χ2n) is 3.86. The van der Waals surface area contributed by atoms with E-state index in [1.807, 2.05) is 0 Å². The molecule has 1 aromatic rings. The van der Waals surface area contributed by atoms with Gasteiger partial charge < -0.3 is 5.73 Å². The Kier molecular flexibility index (Phi) is 7.92. The number of benzene rings is 1. The minimum atomic E-state index is -0.580. The molecule has 0 spiro atoms. The largest absolute Gasteiger partial charge is 0.324 e. The van der Waals surface area contributed by atoms with Crippen molar-refractivity contribution in [1.82, 2.24) is 0 Å². The summed E-state index contributed by atoms with van der Waals surface area (Å²) in [6.07, 6.45) is 3.60. The lowest BCUT2D eigenvalue weighted by atomic mass is 10.0. The van der Waals surface area contributed by atoms with E-state index < -0.39 is 17.7 Å². The van der Waals surface area contributed by atoms with Gasteiger partial charge in [-0.1, -0.05) is 26.2 Å². The quantitative estimate of drug-likeness (QED) is 0.614. The SMILES string of the molecule is CCCCC[C@@H](N)c1c(F)ccc(Br)c1F.Cl. The molecule has 1 nitrogen and oxygen atoms in total. The first kappa shape index (κ1) is 16.8. The van der Waals surface area contributed by atoms with Gasteiger partial charge in [-0.25, -0.2) is 8.78 Å². The molecule has 0 fully saturated rings. The van der Waals surface area contributed by atoms with Gasteiger partial charge in [-0.3, -0.25) is 0 Å². The van der Waals surface area contributed by atoms with E-state index in [2.05, 4.69) is 22.9 Å². The molecule has 0 aromatic heterocycles. The van der Waals surface area contributed by atoms with Crippen molar-refractivity contribution < 1.29 is 8.78 Å². The van der Waals surface area contributed by atoms with Gasteiger partial charge in [0.05, 0.1) is 4.47 Å². The summed E-state index contributed by atoms with van der Waals surface area (Å²) < 4.78 is 27.4. The summed E-state index contributed by atoms with van der Waals surface area (Å²) in [6.45, 7) is 2.08. The van der Waals surface area contributed by atoms with E-state index >= 15 is 0 Å². The average Bonchev–Trinajstić information content (AvgIpc) is 2.24. The molecule has 0 aliphatic carbocycles. The summed E-state index contributed by atoms with van der Waals surface area (Å²) in [7, 11) is 0. The number of hydrogen-bond donors (Lipinski definition) is 1. The van der Waals surface area contributed by atoms with Crippen LogP contribution in [0.2, 0.25) is 0 Å². The molecule has 0 heterocycles. The Labute approximate surface area is 115 Å². The second kappa shape index (κ2) is 8.01. The first-order valence-corrected chi connectivity index (χ1v) is 6.26. The third-order valence-corrected chi connectivity index (χ3v) is 3.18. The van der Waals surface area contributed by atoms with E-state index in [0.29, 0.717) is 6.42 Å². The molecule has 0 bridgehead atoms. The Morgan fingerprint density at radius 1 is 1.29 bits per heavy atom. The lowest BCUT2D eigenvalue weighted by Crippen LogP contribution is -2.14. The Balaban J connectivity index is 0.00000256. The maximum Gasteiger partial charge on any atom is 0.145 e. The smallest absolute Gasteiger partial charge is 0.145 e. The predicted octanol–water partition coefficient (Wildman–Crippen LogP) is 4.73. The number of unbranched alkanes of at least 4 members (excludes halogenated alkanes) is 2. The van der Waals surface area contributed by atoms with Crippen LogP contribution in [-0.4, -0.2) is 0 Å². The zero-order valence-electron chi connectivity index (χ0n) is 9.68. The standard InChI is InChI=1S/C12H16BrF2N.ClH/c1-2-3-4-5-10(16)11-9(14)7-6-8(13)12(11)15;/h6-7,10H,2-5,16H2,1H3;1H/t10-;/m1./s1. The van der Waals surface area contributed by atoms with Crippen molar-refractivity contribution in [3.05, 3.63) is 33.8 Å². The molecule has 98 valence electrons. The van der Waals surface area contributed by atoms with Crippen LogP contribution in [0.1, 0.15) is 44.2 Å². The zero-order valence-corrected chi connectivity index (χ0v) is 12.1. The molecule has 1 atom stereocenters. The van der Waals surface area contributed by atoms with Gasteiger partial charge >= 0.3 is 0 Å². The van der Waals surface area contributed by atoms with Crippen molar-refractivity contribution in [3.8, 4) is 0 Å². The molecular formula is C12H17BrClF2N. The number of rotatable bonds is 5. The molecular weight excluding hydrogens is 311 g/mol. The van der Waals surface area contributed by atoms with Crippen LogP contribution in [0.25, 0.3) is 0 Å². The molecule has 1 rings (SSSR count). The lowest BCUT2D eigenvalue weighted by molar-refractivity contribution is 0.495. The van der Waals surface area contributed by atoms with Gasteiger partial charge in [0, 0.05) is 11.6 Å². The third kappa shape index (κ3) is 4.53. The van der Waals surface area contributed by atoms with E-state index in [9.17, 15) is 8.78 Å². The highest BCUT2D eigenvalue weighted by Crippen LogP contribution is 2.28. The molecule has 0 radical (unpaired) electrons. The van der Waals surface area contributed by atoms with Gasteiger partial charge in [-0.15, -0.1) is 12.4 Å². The maximum absolute atomic E-state index is 13.7. The van der Waals surface area contributed by atoms with Crippen LogP contribution in [0.15, 0.2) is 16.6 Å². The Hall–Kier alpha value is -0.190. The van der Waals surface area contributed by atoms with Crippen LogP contribution < -0.4 is 5.73 Å². The highest BCUT2D eigenvalue weighted by atomic mass is 79.9. The van der Waals surface area contributed by atoms with Gasteiger partial charge in [0.2, 0.25) is 0 Å². The minimum Gasteiger partial charge on any atom is -0.324 e. The van der Waals surface area contributed by atoms with Crippen molar-refractivity contribution in [2.45, 2.75) is 38.6 Å². The molecule has 17 heavy (non-hydrogen) atoms. The topological polar surface area (TPSA) is 26.0 Å². The van der Waals surface area contributed by atoms with Crippen molar-refractivity contribution in [2.24, 2.45) is 5.73 Å². The van der Waals surface area contributed by atoms with E-state index in [-0.39, 0.29) is 22.4 Å².